The van der Waals surface area contributed by atoms with Gasteiger partial charge in [-0.1, -0.05) is 0 Å². The first-order valence-electron chi connectivity index (χ1n) is 7.13. The van der Waals surface area contributed by atoms with E-state index < -0.39 is 0 Å². The molecule has 0 bridgehead atoms. The zero-order chi connectivity index (χ0) is 17.6. The van der Waals surface area contributed by atoms with Crippen LogP contribution in [0.25, 0.3) is 0 Å². The van der Waals surface area contributed by atoms with Gasteiger partial charge in [0.1, 0.15) is 0 Å². The number of hydrogen-bond acceptors (Lipinski definition) is 6. The Morgan fingerprint density at radius 3 is 0.885 bits per heavy atom. The third kappa shape index (κ3) is 10.1. The third-order valence-corrected chi connectivity index (χ3v) is 3.46. The SMILES string of the molecule is CN1C(=O)CCC1=O.CN1C(=O)CCC1=O.O=C1CCC(=O)N1.[CH3-].[Y].[Y]. The van der Waals surface area contributed by atoms with Crippen LogP contribution in [0.3, 0.4) is 0 Å². The second-order valence-corrected chi connectivity index (χ2v) is 5.16. The fraction of sp³-hybridized carbons (Fsp3) is 0.533. The van der Waals surface area contributed by atoms with E-state index in [1.807, 2.05) is 0 Å². The number of rotatable bonds is 0. The molecule has 3 aliphatic heterocycles. The third-order valence-electron chi connectivity index (χ3n) is 3.46. The summed E-state index contributed by atoms with van der Waals surface area (Å²) < 4.78 is 0. The van der Waals surface area contributed by atoms with Crippen LogP contribution >= 0.6 is 0 Å². The largest absolute Gasteiger partial charge is 0.358 e. The summed E-state index contributed by atoms with van der Waals surface area (Å²) in [6, 6.07) is 0. The summed E-state index contributed by atoms with van der Waals surface area (Å²) in [5.74, 6) is -0.537. The Balaban J connectivity index is -0.000000289. The van der Waals surface area contributed by atoms with E-state index in [9.17, 15) is 28.8 Å². The van der Waals surface area contributed by atoms with Gasteiger partial charge in [0.05, 0.1) is 0 Å². The van der Waals surface area contributed by atoms with Crippen LogP contribution in [0.4, 0.5) is 0 Å². The van der Waals surface area contributed by atoms with Crippen molar-refractivity contribution in [2.24, 2.45) is 0 Å². The fourth-order valence-corrected chi connectivity index (χ4v) is 1.88. The van der Waals surface area contributed by atoms with Gasteiger partial charge in [-0.15, -0.1) is 0 Å². The van der Waals surface area contributed by atoms with Gasteiger partial charge < -0.3 is 7.43 Å². The molecule has 3 rings (SSSR count). The smallest absolute Gasteiger partial charge is 0.229 e. The summed E-state index contributed by atoms with van der Waals surface area (Å²) in [5, 5.41) is 2.14. The number of nitrogens with one attached hydrogen (secondary N) is 1. The van der Waals surface area contributed by atoms with Crippen LogP contribution in [-0.4, -0.2) is 59.3 Å². The van der Waals surface area contributed by atoms with E-state index >= 15 is 0 Å². The zero-order valence-electron chi connectivity index (χ0n) is 15.2. The predicted octanol–water partition coefficient (Wildman–Crippen LogP) is -0.601. The van der Waals surface area contributed by atoms with Crippen LogP contribution in [0.1, 0.15) is 38.5 Å². The Bertz CT molecular complexity index is 488. The molecule has 3 aliphatic rings. The van der Waals surface area contributed by atoms with Crippen LogP contribution in [0.2, 0.25) is 0 Å². The maximum absolute atomic E-state index is 10.5. The topological polar surface area (TPSA) is 121 Å². The maximum Gasteiger partial charge on any atom is 0.229 e. The summed E-state index contributed by atoms with van der Waals surface area (Å²) in [5.41, 5.74) is 0. The molecule has 0 aromatic rings. The van der Waals surface area contributed by atoms with E-state index in [1.165, 1.54) is 23.9 Å². The molecule has 6 amide bonds. The molecular formula is C15H22N3O6Y2-. The van der Waals surface area contributed by atoms with E-state index in [2.05, 4.69) is 5.32 Å². The van der Waals surface area contributed by atoms with Gasteiger partial charge in [-0.05, 0) is 0 Å². The van der Waals surface area contributed by atoms with Gasteiger partial charge in [-0.2, -0.15) is 0 Å². The summed E-state index contributed by atoms with van der Waals surface area (Å²) >= 11 is 0. The van der Waals surface area contributed by atoms with Crippen molar-refractivity contribution in [3.63, 3.8) is 0 Å². The Morgan fingerprint density at radius 1 is 0.577 bits per heavy atom. The van der Waals surface area contributed by atoms with Crippen LogP contribution in [-0.2, 0) is 94.2 Å². The number of carbonyl (C=O) groups excluding carboxylic acids is 6. The second-order valence-electron chi connectivity index (χ2n) is 5.16. The van der Waals surface area contributed by atoms with Crippen molar-refractivity contribution in [2.75, 3.05) is 14.1 Å². The van der Waals surface area contributed by atoms with Crippen molar-refractivity contribution in [3.8, 4) is 0 Å². The van der Waals surface area contributed by atoms with Crippen molar-refractivity contribution in [3.05, 3.63) is 7.43 Å². The number of carbonyl (C=O) groups is 6. The van der Waals surface area contributed by atoms with Crippen LogP contribution in [0, 0.1) is 7.43 Å². The summed E-state index contributed by atoms with van der Waals surface area (Å²) in [6.07, 6.45) is 2.34. The Hall–Kier alpha value is -0.372. The minimum Gasteiger partial charge on any atom is -0.358 e. The van der Waals surface area contributed by atoms with Crippen molar-refractivity contribution < 1.29 is 94.2 Å². The van der Waals surface area contributed by atoms with E-state index in [4.69, 9.17) is 0 Å². The average molecular weight is 518 g/mol. The fourth-order valence-electron chi connectivity index (χ4n) is 1.88. The maximum atomic E-state index is 10.5. The van der Waals surface area contributed by atoms with Crippen molar-refractivity contribution in [2.45, 2.75) is 38.5 Å². The Labute approximate surface area is 203 Å². The molecule has 1 N–H and O–H groups in total. The first-order valence-corrected chi connectivity index (χ1v) is 7.13. The van der Waals surface area contributed by atoms with Crippen molar-refractivity contribution >= 4 is 35.4 Å². The van der Waals surface area contributed by atoms with Crippen molar-refractivity contribution in [1.82, 2.24) is 15.1 Å². The first-order chi connectivity index (χ1) is 10.7. The molecule has 2 radical (unpaired) electrons. The van der Waals surface area contributed by atoms with Gasteiger partial charge in [0.15, 0.2) is 0 Å². The second kappa shape index (κ2) is 14.7. The molecule has 0 aromatic carbocycles. The van der Waals surface area contributed by atoms with E-state index in [0.717, 1.165) is 0 Å². The molecule has 9 nitrogen and oxygen atoms in total. The molecule has 26 heavy (non-hydrogen) atoms. The molecule has 140 valence electrons. The van der Waals surface area contributed by atoms with Crippen LogP contribution in [0.5, 0.6) is 0 Å². The number of imide groups is 3. The number of hydrogen-bond donors (Lipinski definition) is 1. The number of amides is 6. The first kappa shape index (κ1) is 30.4. The molecule has 3 saturated heterocycles. The monoisotopic (exact) mass is 518 g/mol. The minimum absolute atomic E-state index is 0. The molecule has 11 heteroatoms. The summed E-state index contributed by atoms with van der Waals surface area (Å²) in [4.78, 5) is 64.5. The number of nitrogens with zero attached hydrogens (tertiary/aromatic N) is 2. The Kier molecular flexibility index (Phi) is 17.1. The molecule has 0 spiro atoms. The minimum atomic E-state index is -0.148. The molecule has 0 saturated carbocycles. The standard InChI is InChI=1S/2C5H7NO2.C4H5NO2.CH3.2Y/c2*1-6-4(7)2-3-5(6)8;6-3-1-2-4(7)5-3;;;/h2*2-3H2,1H3;1-2H2,(H,5,6,7);1H3;;/q;;;-1;;. The normalized spacial score (nSPS) is 17.9. The molecule has 3 heterocycles. The van der Waals surface area contributed by atoms with Gasteiger partial charge >= 0.3 is 0 Å². The molecule has 3 fully saturated rings. The quantitative estimate of drug-likeness (QED) is 0.338. The van der Waals surface area contributed by atoms with Crippen molar-refractivity contribution in [1.29, 1.82) is 0 Å². The zero-order valence-corrected chi connectivity index (χ0v) is 20.9. The molecule has 0 aliphatic carbocycles. The van der Waals surface area contributed by atoms with Gasteiger partial charge in [0, 0.05) is 118 Å². The molecular weight excluding hydrogens is 496 g/mol. The number of likely N-dealkylation sites (tertiary alicyclic amines) is 2. The van der Waals surface area contributed by atoms with E-state index in [0.29, 0.717) is 38.5 Å². The van der Waals surface area contributed by atoms with Gasteiger partial charge in [0.25, 0.3) is 0 Å². The molecule has 0 unspecified atom stereocenters. The van der Waals surface area contributed by atoms with Crippen LogP contribution < -0.4 is 5.32 Å². The van der Waals surface area contributed by atoms with Gasteiger partial charge in [0.2, 0.25) is 35.4 Å². The van der Waals surface area contributed by atoms with Crippen LogP contribution in [0.15, 0.2) is 0 Å². The molecule has 0 atom stereocenters. The van der Waals surface area contributed by atoms with Gasteiger partial charge in [-0.25, -0.2) is 0 Å². The van der Waals surface area contributed by atoms with E-state index in [1.54, 1.807) is 0 Å². The molecule has 0 aromatic heterocycles. The van der Waals surface area contributed by atoms with Gasteiger partial charge in [-0.3, -0.25) is 43.9 Å². The summed E-state index contributed by atoms with van der Waals surface area (Å²) in [7, 11) is 3.02. The van der Waals surface area contributed by atoms with E-state index in [-0.39, 0.29) is 108 Å². The Morgan fingerprint density at radius 2 is 0.808 bits per heavy atom. The average Bonchev–Trinajstić information content (AvgIpc) is 3.13. The summed E-state index contributed by atoms with van der Waals surface area (Å²) in [6.45, 7) is 0. The predicted molar refractivity (Wildman–Crippen MR) is 82.8 cm³/mol.